The van der Waals surface area contributed by atoms with E-state index >= 15 is 0 Å². The Morgan fingerprint density at radius 2 is 1.90 bits per heavy atom. The molecule has 1 unspecified atom stereocenters. The van der Waals surface area contributed by atoms with Gasteiger partial charge >= 0.3 is 0 Å². The number of nitrogens with one attached hydrogen (secondary N) is 2. The summed E-state index contributed by atoms with van der Waals surface area (Å²) in [5, 5.41) is 14.9. The Bertz CT molecular complexity index is 462. The Hall–Kier alpha value is -1.59. The van der Waals surface area contributed by atoms with Crippen molar-refractivity contribution in [1.29, 1.82) is 0 Å². The Kier molecular flexibility index (Phi) is 7.79. The molecule has 0 aliphatic rings. The Morgan fingerprint density at radius 1 is 1.24 bits per heavy atom. The van der Waals surface area contributed by atoms with Crippen molar-refractivity contribution in [3.8, 4) is 0 Å². The summed E-state index contributed by atoms with van der Waals surface area (Å²) < 4.78 is 0. The zero-order valence-electron chi connectivity index (χ0n) is 12.1. The molecule has 1 rings (SSSR count). The van der Waals surface area contributed by atoms with Crippen molar-refractivity contribution >= 4 is 23.4 Å². The minimum absolute atomic E-state index is 0.0530. The molecule has 0 saturated carbocycles. The van der Waals surface area contributed by atoms with Crippen LogP contribution in [0.4, 0.5) is 0 Å². The minimum atomic E-state index is -0.180. The van der Waals surface area contributed by atoms with Gasteiger partial charge in [-0.3, -0.25) is 9.59 Å². The molecule has 0 aromatic heterocycles. The van der Waals surface area contributed by atoms with Gasteiger partial charge in [0.05, 0.1) is 0 Å². The number of hydrogen-bond donors (Lipinski definition) is 3. The van der Waals surface area contributed by atoms with Crippen LogP contribution < -0.4 is 10.6 Å². The van der Waals surface area contributed by atoms with E-state index < -0.39 is 0 Å². The maximum Gasteiger partial charge on any atom is 0.251 e. The van der Waals surface area contributed by atoms with Gasteiger partial charge in [0.1, 0.15) is 0 Å². The van der Waals surface area contributed by atoms with E-state index in [0.717, 1.165) is 0 Å². The molecule has 0 heterocycles. The van der Waals surface area contributed by atoms with Crippen LogP contribution in [0.5, 0.6) is 0 Å². The van der Waals surface area contributed by atoms with Gasteiger partial charge in [-0.25, -0.2) is 0 Å². The van der Waals surface area contributed by atoms with Crippen LogP contribution in [0.25, 0.3) is 0 Å². The summed E-state index contributed by atoms with van der Waals surface area (Å²) >= 11 is 5.75. The van der Waals surface area contributed by atoms with Crippen LogP contribution in [0.2, 0.25) is 5.02 Å². The second kappa shape index (κ2) is 9.37. The lowest BCUT2D eigenvalue weighted by atomic mass is 10.2. The highest BCUT2D eigenvalue weighted by molar-refractivity contribution is 6.30. The molecule has 1 atom stereocenters. The SMILES string of the molecule is CC(CO)CNC(=O)CCCNC(=O)c1ccc(Cl)cc1. The van der Waals surface area contributed by atoms with Crippen molar-refractivity contribution in [3.05, 3.63) is 34.9 Å². The van der Waals surface area contributed by atoms with Gasteiger partial charge in [-0.2, -0.15) is 0 Å². The maximum absolute atomic E-state index is 11.8. The Labute approximate surface area is 129 Å². The van der Waals surface area contributed by atoms with Crippen LogP contribution >= 0.6 is 11.6 Å². The number of halogens is 1. The topological polar surface area (TPSA) is 78.4 Å². The van der Waals surface area contributed by atoms with E-state index in [1.807, 2.05) is 6.92 Å². The summed E-state index contributed by atoms with van der Waals surface area (Å²) in [6.07, 6.45) is 0.914. The molecular formula is C15H21ClN2O3. The number of rotatable bonds is 8. The first-order chi connectivity index (χ1) is 10.0. The second-order valence-electron chi connectivity index (χ2n) is 4.96. The molecular weight excluding hydrogens is 292 g/mol. The largest absolute Gasteiger partial charge is 0.396 e. The van der Waals surface area contributed by atoms with Crippen molar-refractivity contribution in [2.75, 3.05) is 19.7 Å². The third kappa shape index (κ3) is 7.11. The minimum Gasteiger partial charge on any atom is -0.396 e. The lowest BCUT2D eigenvalue weighted by molar-refractivity contribution is -0.121. The predicted octanol–water partition coefficient (Wildman–Crippen LogP) is 1.59. The summed E-state index contributed by atoms with van der Waals surface area (Å²) in [4.78, 5) is 23.3. The van der Waals surface area contributed by atoms with Gasteiger partial charge < -0.3 is 15.7 Å². The highest BCUT2D eigenvalue weighted by Gasteiger charge is 2.06. The van der Waals surface area contributed by atoms with Crippen molar-refractivity contribution in [2.24, 2.45) is 5.92 Å². The van der Waals surface area contributed by atoms with E-state index in [2.05, 4.69) is 10.6 Å². The number of aliphatic hydroxyl groups is 1. The lowest BCUT2D eigenvalue weighted by Gasteiger charge is -2.09. The zero-order valence-corrected chi connectivity index (χ0v) is 12.8. The second-order valence-corrected chi connectivity index (χ2v) is 5.39. The first-order valence-corrected chi connectivity index (χ1v) is 7.32. The summed E-state index contributed by atoms with van der Waals surface area (Å²) in [5.41, 5.74) is 0.542. The molecule has 5 nitrogen and oxygen atoms in total. The molecule has 0 bridgehead atoms. The average Bonchev–Trinajstić information content (AvgIpc) is 2.49. The Balaban J connectivity index is 2.17. The van der Waals surface area contributed by atoms with Gasteiger partial charge in [0, 0.05) is 36.7 Å². The lowest BCUT2D eigenvalue weighted by Crippen LogP contribution is -2.30. The molecule has 0 radical (unpaired) electrons. The number of hydrogen-bond acceptors (Lipinski definition) is 3. The fourth-order valence-corrected chi connectivity index (χ4v) is 1.72. The molecule has 21 heavy (non-hydrogen) atoms. The van der Waals surface area contributed by atoms with Crippen molar-refractivity contribution < 1.29 is 14.7 Å². The molecule has 0 fully saturated rings. The molecule has 1 aromatic rings. The standard InChI is InChI=1S/C15H21ClN2O3/c1-11(10-19)9-18-14(20)3-2-8-17-15(21)12-4-6-13(16)7-5-12/h4-7,11,19H,2-3,8-10H2,1H3,(H,17,21)(H,18,20). The third-order valence-electron chi connectivity index (χ3n) is 2.93. The van der Waals surface area contributed by atoms with E-state index in [1.165, 1.54) is 0 Å². The number of benzene rings is 1. The van der Waals surface area contributed by atoms with Gasteiger partial charge in [-0.15, -0.1) is 0 Å². The van der Waals surface area contributed by atoms with Gasteiger partial charge in [-0.1, -0.05) is 18.5 Å². The maximum atomic E-state index is 11.8. The molecule has 0 aliphatic heterocycles. The van der Waals surface area contributed by atoms with Gasteiger partial charge in [-0.05, 0) is 36.6 Å². The third-order valence-corrected chi connectivity index (χ3v) is 3.18. The van der Waals surface area contributed by atoms with Crippen LogP contribution in [-0.4, -0.2) is 36.6 Å². The van der Waals surface area contributed by atoms with Crippen LogP contribution in [0.1, 0.15) is 30.1 Å². The number of aliphatic hydroxyl groups excluding tert-OH is 1. The van der Waals surface area contributed by atoms with Crippen molar-refractivity contribution in [3.63, 3.8) is 0 Å². The van der Waals surface area contributed by atoms with Crippen LogP contribution in [0, 0.1) is 5.92 Å². The summed E-state index contributed by atoms with van der Waals surface area (Å²) in [7, 11) is 0. The fraction of sp³-hybridized carbons (Fsp3) is 0.467. The normalized spacial score (nSPS) is 11.8. The molecule has 3 N–H and O–H groups in total. The molecule has 1 aromatic carbocycles. The van der Waals surface area contributed by atoms with E-state index in [1.54, 1.807) is 24.3 Å². The average molecular weight is 313 g/mol. The highest BCUT2D eigenvalue weighted by atomic mass is 35.5. The monoisotopic (exact) mass is 312 g/mol. The molecule has 6 heteroatoms. The van der Waals surface area contributed by atoms with Crippen molar-refractivity contribution in [2.45, 2.75) is 19.8 Å². The molecule has 0 spiro atoms. The summed E-state index contributed by atoms with van der Waals surface area (Å²) in [6.45, 7) is 2.81. The smallest absolute Gasteiger partial charge is 0.251 e. The molecule has 116 valence electrons. The van der Waals surface area contributed by atoms with Crippen LogP contribution in [0.3, 0.4) is 0 Å². The fourth-order valence-electron chi connectivity index (χ4n) is 1.60. The molecule has 0 aliphatic carbocycles. The highest BCUT2D eigenvalue weighted by Crippen LogP contribution is 2.09. The predicted molar refractivity (Wildman–Crippen MR) is 82.3 cm³/mol. The first kappa shape index (κ1) is 17.5. The van der Waals surface area contributed by atoms with Gasteiger partial charge in [0.25, 0.3) is 5.91 Å². The van der Waals surface area contributed by atoms with Gasteiger partial charge in [0.2, 0.25) is 5.91 Å². The number of carbonyl (C=O) groups is 2. The van der Waals surface area contributed by atoms with Crippen LogP contribution in [0.15, 0.2) is 24.3 Å². The summed E-state index contributed by atoms with van der Waals surface area (Å²) in [5.74, 6) is -0.199. The number of amides is 2. The molecule has 2 amide bonds. The molecule has 0 saturated heterocycles. The van der Waals surface area contributed by atoms with E-state index in [-0.39, 0.29) is 24.3 Å². The Morgan fingerprint density at radius 3 is 2.52 bits per heavy atom. The van der Waals surface area contributed by atoms with Gasteiger partial charge in [0.15, 0.2) is 0 Å². The van der Waals surface area contributed by atoms with Crippen molar-refractivity contribution in [1.82, 2.24) is 10.6 Å². The van der Waals surface area contributed by atoms with E-state index in [9.17, 15) is 9.59 Å². The summed E-state index contributed by atoms with van der Waals surface area (Å²) in [6, 6.07) is 6.62. The number of carbonyl (C=O) groups excluding carboxylic acids is 2. The van der Waals surface area contributed by atoms with Crippen LogP contribution in [-0.2, 0) is 4.79 Å². The first-order valence-electron chi connectivity index (χ1n) is 6.94. The quantitative estimate of drug-likeness (QED) is 0.638. The zero-order chi connectivity index (χ0) is 15.7. The van der Waals surface area contributed by atoms with E-state index in [4.69, 9.17) is 16.7 Å². The van der Waals surface area contributed by atoms with E-state index in [0.29, 0.717) is 36.5 Å².